The van der Waals surface area contributed by atoms with Crippen molar-refractivity contribution in [1.82, 2.24) is 0 Å². The summed E-state index contributed by atoms with van der Waals surface area (Å²) in [6.07, 6.45) is 14.9. The highest BCUT2D eigenvalue weighted by atomic mass is 19.3. The molecule has 0 unspecified atom stereocenters. The lowest BCUT2D eigenvalue weighted by atomic mass is 9.65. The molecular weight excluding hydrogens is 590 g/mol. The summed E-state index contributed by atoms with van der Waals surface area (Å²) in [5, 5.41) is 0. The average molecular weight is 639 g/mol. The molecule has 0 amide bonds. The van der Waals surface area contributed by atoms with E-state index in [0.29, 0.717) is 24.7 Å². The van der Waals surface area contributed by atoms with Gasteiger partial charge in [-0.2, -0.15) is 17.6 Å². The van der Waals surface area contributed by atoms with E-state index in [0.717, 1.165) is 48.8 Å². The second-order valence-corrected chi connectivity index (χ2v) is 13.9. The van der Waals surface area contributed by atoms with Gasteiger partial charge in [0.05, 0.1) is 5.92 Å². The molecule has 0 aromatic heterocycles. The van der Waals surface area contributed by atoms with Crippen molar-refractivity contribution < 1.29 is 35.8 Å². The summed E-state index contributed by atoms with van der Waals surface area (Å²) in [7, 11) is 0. The van der Waals surface area contributed by atoms with Gasteiger partial charge in [0.1, 0.15) is 11.6 Å². The van der Waals surface area contributed by atoms with Gasteiger partial charge in [-0.1, -0.05) is 51.5 Å². The molecule has 0 aliphatic heterocycles. The lowest BCUT2D eigenvalue weighted by Crippen LogP contribution is -2.38. The number of ether oxygens (including phenoxy) is 2. The Kier molecular flexibility index (Phi) is 11.7. The molecule has 250 valence electrons. The summed E-state index contributed by atoms with van der Waals surface area (Å²) in [5.74, 6) is -0.0967. The van der Waals surface area contributed by atoms with E-state index in [1.54, 1.807) is 0 Å². The van der Waals surface area contributed by atoms with E-state index in [2.05, 4.69) is 11.7 Å². The molecule has 0 saturated heterocycles. The van der Waals surface area contributed by atoms with Gasteiger partial charge < -0.3 is 9.47 Å². The average Bonchev–Trinajstić information content (AvgIpc) is 3.02. The molecule has 2 aromatic rings. The highest BCUT2D eigenvalue weighted by molar-refractivity contribution is 5.66. The standard InChI is InChI=1S/C37H48F6O2/c1-2-3-4-5-24-6-8-25(9-7-24)26-10-12-27(13-11-26)28-14-17-30(18-15-28)37(42,43)45-31-19-20-32(33(38)23-31)29-16-21-35(34(39)22-29)44-36(40)41/h16,19-28,30,36H,2-15,17-18H2,1H3. The molecule has 5 rings (SSSR count). The van der Waals surface area contributed by atoms with Gasteiger partial charge in [0.15, 0.2) is 11.6 Å². The topological polar surface area (TPSA) is 18.5 Å². The Labute approximate surface area is 264 Å². The van der Waals surface area contributed by atoms with Crippen molar-refractivity contribution in [1.29, 1.82) is 0 Å². The molecule has 2 nitrogen and oxygen atoms in total. The van der Waals surface area contributed by atoms with Crippen molar-refractivity contribution >= 4 is 0 Å². The third-order valence-electron chi connectivity index (χ3n) is 11.2. The van der Waals surface area contributed by atoms with Crippen LogP contribution in [0.1, 0.15) is 110 Å². The number of hydrogen-bond donors (Lipinski definition) is 0. The number of unbranched alkanes of at least 4 members (excludes halogenated alkanes) is 2. The summed E-state index contributed by atoms with van der Waals surface area (Å²) < 4.78 is 93.4. The SMILES string of the molecule is CCCCCC1CCC(C2CCC(C3CCC(C(F)(F)Oc4ccc(-c5ccc(OC(F)F)c(F)c5)c(F)c4)CC3)CC2)CC1. The van der Waals surface area contributed by atoms with Crippen LogP contribution >= 0.6 is 0 Å². The van der Waals surface area contributed by atoms with Gasteiger partial charge in [0.25, 0.3) is 0 Å². The van der Waals surface area contributed by atoms with Crippen molar-refractivity contribution in [2.24, 2.45) is 35.5 Å². The summed E-state index contributed by atoms with van der Waals surface area (Å²) >= 11 is 0. The second kappa shape index (κ2) is 15.5. The Morgan fingerprint density at radius 1 is 0.711 bits per heavy atom. The van der Waals surface area contributed by atoms with Crippen LogP contribution in [-0.4, -0.2) is 12.7 Å². The summed E-state index contributed by atoms with van der Waals surface area (Å²) in [6.45, 7) is -0.930. The molecule has 0 bridgehead atoms. The van der Waals surface area contributed by atoms with E-state index in [-0.39, 0.29) is 16.9 Å². The minimum atomic E-state index is -3.44. The fraction of sp³-hybridized carbons (Fsp3) is 0.676. The molecule has 3 fully saturated rings. The number of hydrogen-bond acceptors (Lipinski definition) is 2. The molecule has 3 saturated carbocycles. The van der Waals surface area contributed by atoms with Crippen LogP contribution in [0.2, 0.25) is 0 Å². The van der Waals surface area contributed by atoms with Crippen LogP contribution in [0.3, 0.4) is 0 Å². The Hall–Kier alpha value is -2.38. The zero-order chi connectivity index (χ0) is 32.0. The molecule has 3 aliphatic rings. The zero-order valence-electron chi connectivity index (χ0n) is 26.4. The number of benzene rings is 2. The summed E-state index contributed by atoms with van der Waals surface area (Å²) in [4.78, 5) is 0. The number of halogens is 6. The molecule has 0 spiro atoms. The first-order valence-corrected chi connectivity index (χ1v) is 17.2. The minimum Gasteiger partial charge on any atom is -0.432 e. The first-order chi connectivity index (χ1) is 21.6. The Bertz CT molecular complexity index is 1210. The maximum Gasteiger partial charge on any atom is 0.400 e. The predicted octanol–water partition coefficient (Wildman–Crippen LogP) is 12.2. The zero-order valence-corrected chi connectivity index (χ0v) is 26.4. The van der Waals surface area contributed by atoms with Gasteiger partial charge in [-0.3, -0.25) is 0 Å². The highest BCUT2D eigenvalue weighted by Crippen LogP contribution is 2.48. The van der Waals surface area contributed by atoms with Gasteiger partial charge in [-0.15, -0.1) is 0 Å². The lowest BCUT2D eigenvalue weighted by Gasteiger charge is -2.42. The summed E-state index contributed by atoms with van der Waals surface area (Å²) in [6, 6.07) is 6.34. The Morgan fingerprint density at radius 2 is 1.29 bits per heavy atom. The van der Waals surface area contributed by atoms with E-state index in [4.69, 9.17) is 4.74 Å². The van der Waals surface area contributed by atoms with E-state index >= 15 is 8.78 Å². The lowest BCUT2D eigenvalue weighted by molar-refractivity contribution is -0.224. The fourth-order valence-corrected chi connectivity index (χ4v) is 8.54. The van der Waals surface area contributed by atoms with Gasteiger partial charge >= 0.3 is 12.7 Å². The van der Waals surface area contributed by atoms with Crippen molar-refractivity contribution in [3.05, 3.63) is 48.0 Å². The fourth-order valence-electron chi connectivity index (χ4n) is 8.54. The van der Waals surface area contributed by atoms with Crippen LogP contribution in [0.5, 0.6) is 11.5 Å². The van der Waals surface area contributed by atoms with Gasteiger partial charge in [0, 0.05) is 11.6 Å². The second-order valence-electron chi connectivity index (χ2n) is 13.9. The molecule has 3 aliphatic carbocycles. The van der Waals surface area contributed by atoms with E-state index < -0.39 is 36.0 Å². The molecule has 8 heteroatoms. The van der Waals surface area contributed by atoms with Crippen LogP contribution in [0.15, 0.2) is 36.4 Å². The molecule has 0 radical (unpaired) electrons. The normalized spacial score (nSPS) is 27.8. The first kappa shape index (κ1) is 34.0. The van der Waals surface area contributed by atoms with Crippen LogP contribution in [-0.2, 0) is 0 Å². The minimum absolute atomic E-state index is 0.0578. The third-order valence-corrected chi connectivity index (χ3v) is 11.2. The van der Waals surface area contributed by atoms with E-state index in [1.807, 2.05) is 0 Å². The van der Waals surface area contributed by atoms with Gasteiger partial charge in [0.2, 0.25) is 0 Å². The first-order valence-electron chi connectivity index (χ1n) is 17.2. The third kappa shape index (κ3) is 8.91. The monoisotopic (exact) mass is 638 g/mol. The van der Waals surface area contributed by atoms with E-state index in [9.17, 15) is 17.6 Å². The Morgan fingerprint density at radius 3 is 1.82 bits per heavy atom. The quantitative estimate of drug-likeness (QED) is 0.170. The maximum absolute atomic E-state index is 15.2. The van der Waals surface area contributed by atoms with Gasteiger partial charge in [-0.05, 0) is 124 Å². The number of alkyl halides is 4. The van der Waals surface area contributed by atoms with Crippen LogP contribution < -0.4 is 9.47 Å². The van der Waals surface area contributed by atoms with Gasteiger partial charge in [-0.25, -0.2) is 8.78 Å². The molecular formula is C37H48F6O2. The highest BCUT2D eigenvalue weighted by Gasteiger charge is 2.45. The van der Waals surface area contributed by atoms with Crippen LogP contribution in [0.4, 0.5) is 26.3 Å². The smallest absolute Gasteiger partial charge is 0.400 e. The van der Waals surface area contributed by atoms with Crippen molar-refractivity contribution in [3.63, 3.8) is 0 Å². The number of rotatable bonds is 12. The molecule has 2 aromatic carbocycles. The molecule has 0 heterocycles. The van der Waals surface area contributed by atoms with E-state index in [1.165, 1.54) is 95.2 Å². The predicted molar refractivity (Wildman–Crippen MR) is 164 cm³/mol. The van der Waals surface area contributed by atoms with Crippen LogP contribution in [0, 0.1) is 47.1 Å². The largest absolute Gasteiger partial charge is 0.432 e. The Balaban J connectivity index is 1.07. The maximum atomic E-state index is 15.2. The summed E-state index contributed by atoms with van der Waals surface area (Å²) in [5.41, 5.74) is -0.0130. The van der Waals surface area contributed by atoms with Crippen molar-refractivity contribution in [2.75, 3.05) is 0 Å². The molecule has 0 atom stereocenters. The van der Waals surface area contributed by atoms with Crippen LogP contribution in [0.25, 0.3) is 11.1 Å². The van der Waals surface area contributed by atoms with Crippen molar-refractivity contribution in [3.8, 4) is 22.6 Å². The molecule has 0 N–H and O–H groups in total. The van der Waals surface area contributed by atoms with Crippen molar-refractivity contribution in [2.45, 2.75) is 122 Å². The molecule has 45 heavy (non-hydrogen) atoms.